The van der Waals surface area contributed by atoms with Gasteiger partial charge in [-0.1, -0.05) is 18.2 Å². The van der Waals surface area contributed by atoms with Gasteiger partial charge in [-0.2, -0.15) is 13.2 Å². The lowest BCUT2D eigenvalue weighted by Crippen LogP contribution is -2.36. The molecule has 170 valence electrons. The number of aromatic nitrogens is 1. The van der Waals surface area contributed by atoms with Gasteiger partial charge in [-0.3, -0.25) is 4.90 Å². The number of methoxy groups -OCH3 is 1. The Morgan fingerprint density at radius 1 is 1.09 bits per heavy atom. The Hall–Kier alpha value is -3.05. The Balaban J connectivity index is 1.96. The number of likely N-dealkylation sites (tertiary alicyclic amines) is 1. The van der Waals surface area contributed by atoms with Crippen LogP contribution in [0, 0.1) is 0 Å². The van der Waals surface area contributed by atoms with Gasteiger partial charge in [0.25, 0.3) is 10.0 Å². The topological polar surface area (TPSA) is 77.8 Å². The SMILES string of the molecule is COc1ccc2c(cc(OC(=O)C(F)(F)F)n2S(=O)(=O)c2ccccc2)c1CN1CCC1. The third-order valence-corrected chi connectivity index (χ3v) is 6.96. The molecule has 0 N–H and O–H groups in total. The Bertz CT molecular complexity index is 1270. The maximum atomic E-state index is 13.4. The molecule has 3 aromatic rings. The first-order valence-electron chi connectivity index (χ1n) is 9.66. The van der Waals surface area contributed by atoms with Crippen molar-refractivity contribution in [3.8, 4) is 11.6 Å². The highest BCUT2D eigenvalue weighted by atomic mass is 32.2. The summed E-state index contributed by atoms with van der Waals surface area (Å²) < 4.78 is 76.0. The van der Waals surface area contributed by atoms with Crippen LogP contribution in [0.1, 0.15) is 12.0 Å². The molecule has 2 heterocycles. The lowest BCUT2D eigenvalue weighted by Gasteiger charge is -2.31. The molecule has 1 aliphatic rings. The molecule has 0 saturated carbocycles. The van der Waals surface area contributed by atoms with Crippen LogP contribution >= 0.6 is 0 Å². The maximum absolute atomic E-state index is 13.4. The molecule has 2 aromatic carbocycles. The Labute approximate surface area is 182 Å². The number of alkyl halides is 3. The summed E-state index contributed by atoms with van der Waals surface area (Å²) in [6.07, 6.45) is -4.29. The largest absolute Gasteiger partial charge is 0.496 e. The molecule has 4 rings (SSSR count). The Kier molecular flexibility index (Phi) is 5.63. The van der Waals surface area contributed by atoms with Crippen LogP contribution < -0.4 is 9.47 Å². The number of nitrogens with zero attached hydrogens (tertiary/aromatic N) is 2. The minimum atomic E-state index is -5.30. The van der Waals surface area contributed by atoms with Crippen molar-refractivity contribution in [2.45, 2.75) is 24.0 Å². The number of esters is 1. The van der Waals surface area contributed by atoms with Gasteiger partial charge >= 0.3 is 12.1 Å². The molecular formula is C21H19F3N2O5S. The summed E-state index contributed by atoms with van der Waals surface area (Å²) >= 11 is 0. The molecule has 1 aliphatic heterocycles. The maximum Gasteiger partial charge on any atom is 0.491 e. The highest BCUT2D eigenvalue weighted by Crippen LogP contribution is 2.38. The molecule has 0 atom stereocenters. The van der Waals surface area contributed by atoms with Crippen molar-refractivity contribution in [1.82, 2.24) is 8.87 Å². The predicted molar refractivity (Wildman–Crippen MR) is 109 cm³/mol. The summed E-state index contributed by atoms with van der Waals surface area (Å²) in [5, 5.41) is 0.320. The molecule has 0 amide bonds. The average molecular weight is 468 g/mol. The molecule has 1 aromatic heterocycles. The first-order chi connectivity index (χ1) is 15.1. The van der Waals surface area contributed by atoms with Crippen LogP contribution in [0.5, 0.6) is 11.6 Å². The summed E-state index contributed by atoms with van der Waals surface area (Å²) in [7, 11) is -2.94. The second-order valence-electron chi connectivity index (χ2n) is 7.26. The minimum Gasteiger partial charge on any atom is -0.496 e. The average Bonchev–Trinajstić information content (AvgIpc) is 3.09. The van der Waals surface area contributed by atoms with E-state index in [1.807, 2.05) is 0 Å². The van der Waals surface area contributed by atoms with Crippen molar-refractivity contribution in [1.29, 1.82) is 0 Å². The molecule has 32 heavy (non-hydrogen) atoms. The van der Waals surface area contributed by atoms with Gasteiger partial charge in [0.05, 0.1) is 17.5 Å². The number of halogens is 3. The molecule has 1 saturated heterocycles. The van der Waals surface area contributed by atoms with Crippen LogP contribution in [0.3, 0.4) is 0 Å². The highest BCUT2D eigenvalue weighted by molar-refractivity contribution is 7.90. The van der Waals surface area contributed by atoms with Gasteiger partial charge in [0, 0.05) is 23.6 Å². The van der Waals surface area contributed by atoms with E-state index in [4.69, 9.17) is 4.74 Å². The van der Waals surface area contributed by atoms with Gasteiger partial charge in [-0.25, -0.2) is 17.2 Å². The third-order valence-electron chi connectivity index (χ3n) is 5.24. The lowest BCUT2D eigenvalue weighted by atomic mass is 10.1. The van der Waals surface area contributed by atoms with Crippen molar-refractivity contribution < 1.29 is 35.9 Å². The van der Waals surface area contributed by atoms with E-state index in [1.54, 1.807) is 12.1 Å². The predicted octanol–water partition coefficient (Wildman–Crippen LogP) is 3.56. The number of ether oxygens (including phenoxy) is 2. The van der Waals surface area contributed by atoms with Gasteiger partial charge in [-0.05, 0) is 43.8 Å². The molecule has 11 heteroatoms. The molecule has 1 fully saturated rings. The standard InChI is InChI=1S/C21H19F3N2O5S/c1-30-18-9-8-17-15(16(18)13-25-10-5-11-25)12-19(31-20(27)21(22,23)24)26(17)32(28,29)14-6-3-2-4-7-14/h2-4,6-9,12H,5,10-11,13H2,1H3. The van der Waals surface area contributed by atoms with E-state index in [9.17, 15) is 26.4 Å². The highest BCUT2D eigenvalue weighted by Gasteiger charge is 2.42. The van der Waals surface area contributed by atoms with Crippen molar-refractivity contribution >= 4 is 26.9 Å². The smallest absolute Gasteiger partial charge is 0.491 e. The molecule has 0 spiro atoms. The zero-order valence-electron chi connectivity index (χ0n) is 16.9. The number of rotatable bonds is 6. The quantitative estimate of drug-likeness (QED) is 0.515. The van der Waals surface area contributed by atoms with Crippen molar-refractivity contribution in [2.24, 2.45) is 0 Å². The summed E-state index contributed by atoms with van der Waals surface area (Å²) in [4.78, 5) is 13.5. The second kappa shape index (κ2) is 8.14. The van der Waals surface area contributed by atoms with Crippen LogP contribution in [-0.2, 0) is 21.4 Å². The number of carbonyl (C=O) groups excluding carboxylic acids is 1. The van der Waals surface area contributed by atoms with Gasteiger partial charge in [0.2, 0.25) is 5.88 Å². The second-order valence-corrected chi connectivity index (χ2v) is 9.05. The van der Waals surface area contributed by atoms with Crippen LogP contribution in [0.25, 0.3) is 10.9 Å². The summed E-state index contributed by atoms with van der Waals surface area (Å²) in [5.41, 5.74) is 0.672. The Morgan fingerprint density at radius 3 is 2.34 bits per heavy atom. The number of hydrogen-bond acceptors (Lipinski definition) is 6. The van der Waals surface area contributed by atoms with E-state index < -0.39 is 28.0 Å². The fraction of sp³-hybridized carbons (Fsp3) is 0.286. The van der Waals surface area contributed by atoms with Gasteiger partial charge < -0.3 is 9.47 Å². The molecule has 0 unspecified atom stereocenters. The number of benzene rings is 2. The normalized spacial score (nSPS) is 14.9. The number of fused-ring (bicyclic) bond motifs is 1. The zero-order chi connectivity index (χ0) is 23.1. The number of hydrogen-bond donors (Lipinski definition) is 0. The fourth-order valence-electron chi connectivity index (χ4n) is 3.56. The molecular weight excluding hydrogens is 449 g/mol. The van der Waals surface area contributed by atoms with Crippen molar-refractivity contribution in [3.05, 3.63) is 54.1 Å². The van der Waals surface area contributed by atoms with Crippen molar-refractivity contribution in [2.75, 3.05) is 20.2 Å². The number of carbonyl (C=O) groups is 1. The summed E-state index contributed by atoms with van der Waals surface area (Å²) in [5.74, 6) is -2.81. The first-order valence-corrected chi connectivity index (χ1v) is 11.1. The Morgan fingerprint density at radius 2 is 1.78 bits per heavy atom. The third kappa shape index (κ3) is 3.93. The van der Waals surface area contributed by atoms with E-state index >= 15 is 0 Å². The molecule has 0 aliphatic carbocycles. The lowest BCUT2D eigenvalue weighted by molar-refractivity contribution is -0.190. The first kappa shape index (κ1) is 22.2. The minimum absolute atomic E-state index is 0.0788. The molecule has 7 nitrogen and oxygen atoms in total. The van der Waals surface area contributed by atoms with Gasteiger partial charge in [0.1, 0.15) is 5.75 Å². The zero-order valence-corrected chi connectivity index (χ0v) is 17.7. The summed E-state index contributed by atoms with van der Waals surface area (Å²) in [6.45, 7) is 2.07. The van der Waals surface area contributed by atoms with E-state index in [-0.39, 0.29) is 10.4 Å². The van der Waals surface area contributed by atoms with E-state index in [1.165, 1.54) is 37.4 Å². The van der Waals surface area contributed by atoms with Crippen molar-refractivity contribution in [3.63, 3.8) is 0 Å². The molecule has 0 radical (unpaired) electrons. The van der Waals surface area contributed by atoms with Gasteiger partial charge in [-0.15, -0.1) is 0 Å². The monoisotopic (exact) mass is 468 g/mol. The van der Waals surface area contributed by atoms with Crippen LogP contribution in [-0.4, -0.2) is 49.6 Å². The van der Waals surface area contributed by atoms with Gasteiger partial charge in [0.15, 0.2) is 0 Å². The van der Waals surface area contributed by atoms with E-state index in [0.717, 1.165) is 25.6 Å². The molecule has 0 bridgehead atoms. The van der Waals surface area contributed by atoms with Crippen LogP contribution in [0.4, 0.5) is 13.2 Å². The van der Waals surface area contributed by atoms with E-state index in [2.05, 4.69) is 9.64 Å². The van der Waals surface area contributed by atoms with Crippen LogP contribution in [0.15, 0.2) is 53.4 Å². The fourth-order valence-corrected chi connectivity index (χ4v) is 5.02. The van der Waals surface area contributed by atoms with E-state index in [0.29, 0.717) is 27.2 Å². The summed E-state index contributed by atoms with van der Waals surface area (Å²) in [6, 6.07) is 11.3. The van der Waals surface area contributed by atoms with Crippen LogP contribution in [0.2, 0.25) is 0 Å².